The van der Waals surface area contributed by atoms with Crippen LogP contribution in [0.5, 0.6) is 0 Å². The first-order valence-corrected chi connectivity index (χ1v) is 7.11. The normalized spacial score (nSPS) is 12.2. The lowest BCUT2D eigenvalue weighted by atomic mass is 10.1. The molecule has 0 amide bonds. The highest BCUT2D eigenvalue weighted by molar-refractivity contribution is 5.86. The van der Waals surface area contributed by atoms with Crippen molar-refractivity contribution in [1.82, 2.24) is 4.98 Å². The maximum atomic E-state index is 4.77. The van der Waals surface area contributed by atoms with Crippen LogP contribution >= 0.6 is 0 Å². The average Bonchev–Trinajstić information content (AvgIpc) is 2.50. The molecule has 2 aromatic rings. The van der Waals surface area contributed by atoms with Gasteiger partial charge in [0, 0.05) is 11.1 Å². The summed E-state index contributed by atoms with van der Waals surface area (Å²) in [6.07, 6.45) is 10.1. The molecule has 1 heterocycles. The molecule has 0 N–H and O–H groups in total. The number of aromatic nitrogens is 1. The Labute approximate surface area is 121 Å². The summed E-state index contributed by atoms with van der Waals surface area (Å²) in [4.78, 5) is 4.77. The zero-order chi connectivity index (χ0) is 14.4. The fourth-order valence-electron chi connectivity index (χ4n) is 2.28. The van der Waals surface area contributed by atoms with Gasteiger partial charge in [0.25, 0.3) is 0 Å². The molecule has 2 rings (SSSR count). The quantitative estimate of drug-likeness (QED) is 0.524. The average molecular weight is 263 g/mol. The van der Waals surface area contributed by atoms with Crippen molar-refractivity contribution in [3.05, 3.63) is 72.1 Å². The lowest BCUT2D eigenvalue weighted by molar-refractivity contribution is 1.05. The van der Waals surface area contributed by atoms with Crippen LogP contribution in [0.4, 0.5) is 0 Å². The summed E-state index contributed by atoms with van der Waals surface area (Å²) >= 11 is 0. The van der Waals surface area contributed by atoms with Gasteiger partial charge in [-0.05, 0) is 42.9 Å². The minimum absolute atomic E-state index is 0.899. The van der Waals surface area contributed by atoms with Gasteiger partial charge in [0.2, 0.25) is 0 Å². The monoisotopic (exact) mass is 263 g/mol. The molecule has 0 aliphatic rings. The second-order valence-electron chi connectivity index (χ2n) is 4.77. The van der Waals surface area contributed by atoms with Crippen molar-refractivity contribution in [1.29, 1.82) is 0 Å². The van der Waals surface area contributed by atoms with Gasteiger partial charge in [-0.2, -0.15) is 0 Å². The second-order valence-corrected chi connectivity index (χ2v) is 4.77. The highest BCUT2D eigenvalue weighted by atomic mass is 14.7. The highest BCUT2D eigenvalue weighted by Crippen LogP contribution is 2.21. The van der Waals surface area contributed by atoms with E-state index in [0.29, 0.717) is 0 Å². The summed E-state index contributed by atoms with van der Waals surface area (Å²) in [6.45, 7) is 8.07. The summed E-state index contributed by atoms with van der Waals surface area (Å²) in [6, 6.07) is 10.6. The third-order valence-corrected chi connectivity index (χ3v) is 3.36. The van der Waals surface area contributed by atoms with Crippen LogP contribution in [0.1, 0.15) is 31.7 Å². The molecule has 0 fully saturated rings. The van der Waals surface area contributed by atoms with Gasteiger partial charge in [-0.15, -0.1) is 0 Å². The summed E-state index contributed by atoms with van der Waals surface area (Å²) in [5, 5.41) is 2.50. The maximum Gasteiger partial charge on any atom is 0.0642 e. The largest absolute Gasteiger partial charge is 0.253 e. The molecule has 0 bridgehead atoms. The van der Waals surface area contributed by atoms with Gasteiger partial charge in [0.15, 0.2) is 0 Å². The fraction of sp³-hybridized carbons (Fsp3) is 0.211. The smallest absolute Gasteiger partial charge is 0.0642 e. The van der Waals surface area contributed by atoms with E-state index in [2.05, 4.69) is 62.1 Å². The Morgan fingerprint density at radius 1 is 1.30 bits per heavy atom. The predicted octanol–water partition coefficient (Wildman–Crippen LogP) is 5.33. The van der Waals surface area contributed by atoms with E-state index >= 15 is 0 Å². The zero-order valence-corrected chi connectivity index (χ0v) is 12.3. The molecular formula is C19H21N. The van der Waals surface area contributed by atoms with Gasteiger partial charge in [-0.3, -0.25) is 4.98 Å². The lowest BCUT2D eigenvalue weighted by Gasteiger charge is -2.06. The Morgan fingerprint density at radius 3 is 2.80 bits per heavy atom. The number of aryl methyl sites for hydroxylation is 1. The van der Waals surface area contributed by atoms with Crippen molar-refractivity contribution in [2.45, 2.75) is 26.7 Å². The van der Waals surface area contributed by atoms with E-state index in [1.165, 1.54) is 16.3 Å². The maximum absolute atomic E-state index is 4.77. The first-order valence-electron chi connectivity index (χ1n) is 7.11. The topological polar surface area (TPSA) is 12.9 Å². The molecule has 0 radical (unpaired) electrons. The Kier molecular flexibility index (Phi) is 4.89. The molecule has 1 aromatic heterocycles. The van der Waals surface area contributed by atoms with Crippen molar-refractivity contribution < 1.29 is 0 Å². The second kappa shape index (κ2) is 6.85. The first-order chi connectivity index (χ1) is 9.78. The Bertz CT molecular complexity index is 663. The predicted molar refractivity (Wildman–Crippen MR) is 88.7 cm³/mol. The lowest BCUT2D eigenvalue weighted by Crippen LogP contribution is -1.93. The minimum atomic E-state index is 0.899. The third-order valence-electron chi connectivity index (χ3n) is 3.36. The Hall–Kier alpha value is -2.15. The number of rotatable bonds is 5. The zero-order valence-electron chi connectivity index (χ0n) is 12.3. The van der Waals surface area contributed by atoms with Crippen LogP contribution in [0.15, 0.2) is 60.7 Å². The van der Waals surface area contributed by atoms with E-state index in [9.17, 15) is 0 Å². The van der Waals surface area contributed by atoms with Gasteiger partial charge >= 0.3 is 0 Å². The number of hydrogen-bond donors (Lipinski definition) is 0. The van der Waals surface area contributed by atoms with Crippen LogP contribution < -0.4 is 0 Å². The number of pyridine rings is 1. The van der Waals surface area contributed by atoms with Gasteiger partial charge < -0.3 is 0 Å². The van der Waals surface area contributed by atoms with E-state index in [4.69, 9.17) is 4.98 Å². The van der Waals surface area contributed by atoms with Crippen LogP contribution in [-0.4, -0.2) is 4.98 Å². The SMILES string of the molecule is C=C/C(=C\c1cc2ccccc2c(CC)n1)C/C=C\C. The molecule has 102 valence electrons. The summed E-state index contributed by atoms with van der Waals surface area (Å²) in [5.74, 6) is 0. The number of hydrogen-bond acceptors (Lipinski definition) is 1. The van der Waals surface area contributed by atoms with Crippen molar-refractivity contribution in [2.75, 3.05) is 0 Å². The van der Waals surface area contributed by atoms with Gasteiger partial charge in [0.1, 0.15) is 0 Å². The highest BCUT2D eigenvalue weighted by Gasteiger charge is 2.03. The van der Waals surface area contributed by atoms with Crippen LogP contribution in [0.3, 0.4) is 0 Å². The van der Waals surface area contributed by atoms with E-state index < -0.39 is 0 Å². The molecule has 1 aromatic carbocycles. The summed E-state index contributed by atoms with van der Waals surface area (Å²) in [5.41, 5.74) is 3.36. The van der Waals surface area contributed by atoms with E-state index in [1.54, 1.807) is 0 Å². The van der Waals surface area contributed by atoms with Crippen LogP contribution in [-0.2, 0) is 6.42 Å². The van der Waals surface area contributed by atoms with E-state index in [0.717, 1.165) is 24.2 Å². The van der Waals surface area contributed by atoms with Crippen LogP contribution in [0.25, 0.3) is 16.8 Å². The number of fused-ring (bicyclic) bond motifs is 1. The molecule has 0 aliphatic carbocycles. The van der Waals surface area contributed by atoms with Gasteiger partial charge in [-0.25, -0.2) is 0 Å². The number of allylic oxidation sites excluding steroid dienone is 4. The molecular weight excluding hydrogens is 242 g/mol. The fourth-order valence-corrected chi connectivity index (χ4v) is 2.28. The van der Waals surface area contributed by atoms with E-state index in [1.807, 2.05) is 13.0 Å². The molecule has 1 heteroatoms. The van der Waals surface area contributed by atoms with Gasteiger partial charge in [-0.1, -0.05) is 56.0 Å². The van der Waals surface area contributed by atoms with E-state index in [-0.39, 0.29) is 0 Å². The molecule has 20 heavy (non-hydrogen) atoms. The van der Waals surface area contributed by atoms with Crippen molar-refractivity contribution >= 4 is 16.8 Å². The molecule has 0 atom stereocenters. The van der Waals surface area contributed by atoms with Gasteiger partial charge in [0.05, 0.1) is 5.69 Å². The number of benzene rings is 1. The van der Waals surface area contributed by atoms with Crippen molar-refractivity contribution in [2.24, 2.45) is 0 Å². The number of nitrogens with zero attached hydrogens (tertiary/aromatic N) is 1. The molecule has 0 unspecified atom stereocenters. The molecule has 0 spiro atoms. The van der Waals surface area contributed by atoms with Crippen LogP contribution in [0.2, 0.25) is 0 Å². The molecule has 0 aliphatic heterocycles. The third kappa shape index (κ3) is 3.24. The van der Waals surface area contributed by atoms with Crippen molar-refractivity contribution in [3.63, 3.8) is 0 Å². The summed E-state index contributed by atoms with van der Waals surface area (Å²) in [7, 11) is 0. The molecule has 0 saturated carbocycles. The molecule has 1 nitrogen and oxygen atoms in total. The Balaban J connectivity index is 2.49. The first kappa shape index (κ1) is 14.3. The standard InChI is InChI=1S/C19H21N/c1-4-7-10-15(5-2)13-17-14-16-11-8-9-12-18(16)19(6-3)20-17/h4-5,7-9,11-14H,2,6,10H2,1,3H3/b7-4-,15-13+. The van der Waals surface area contributed by atoms with Crippen LogP contribution in [0, 0.1) is 0 Å². The summed E-state index contributed by atoms with van der Waals surface area (Å²) < 4.78 is 0. The Morgan fingerprint density at radius 2 is 2.10 bits per heavy atom. The molecule has 0 saturated heterocycles. The van der Waals surface area contributed by atoms with Crippen molar-refractivity contribution in [3.8, 4) is 0 Å². The minimum Gasteiger partial charge on any atom is -0.253 e.